The first-order valence-corrected chi connectivity index (χ1v) is 15.1. The van der Waals surface area contributed by atoms with Crippen LogP contribution in [0.25, 0.3) is 0 Å². The SMILES string of the molecule is Cc1ccc(NC(=O)C2Cc3ccccc3N(C(=O)c3c(C)cccc3F)C2c2ccc(CCC(C)(C)O)cc2)cc1C(F)(F)F. The molecule has 0 bridgehead atoms. The van der Waals surface area contributed by atoms with Crippen LogP contribution in [0.3, 0.4) is 0 Å². The first-order valence-electron chi connectivity index (χ1n) is 15.1. The molecule has 2 N–H and O–H groups in total. The molecule has 0 aliphatic carbocycles. The quantitative estimate of drug-likeness (QED) is 0.201. The summed E-state index contributed by atoms with van der Waals surface area (Å²) in [5.74, 6) is -2.85. The molecule has 4 aromatic carbocycles. The van der Waals surface area contributed by atoms with E-state index in [0.717, 1.165) is 11.6 Å². The molecule has 4 aromatic rings. The van der Waals surface area contributed by atoms with Crippen molar-refractivity contribution in [3.8, 4) is 0 Å². The van der Waals surface area contributed by atoms with Gasteiger partial charge in [0, 0.05) is 11.4 Å². The predicted octanol–water partition coefficient (Wildman–Crippen LogP) is 8.36. The number of nitrogens with one attached hydrogen (secondary N) is 1. The normalized spacial score (nSPS) is 16.6. The molecule has 5 nitrogen and oxygen atoms in total. The van der Waals surface area contributed by atoms with Gasteiger partial charge in [-0.3, -0.25) is 14.5 Å². The zero-order valence-corrected chi connectivity index (χ0v) is 26.1. The van der Waals surface area contributed by atoms with Crippen molar-refractivity contribution in [3.05, 3.63) is 130 Å². The van der Waals surface area contributed by atoms with Gasteiger partial charge in [0.15, 0.2) is 0 Å². The van der Waals surface area contributed by atoms with E-state index in [-0.39, 0.29) is 23.2 Å². The Morgan fingerprint density at radius 2 is 1.61 bits per heavy atom. The smallest absolute Gasteiger partial charge is 0.390 e. The first-order chi connectivity index (χ1) is 21.6. The Morgan fingerprint density at radius 3 is 2.26 bits per heavy atom. The van der Waals surface area contributed by atoms with Crippen LogP contribution in [-0.2, 0) is 23.8 Å². The summed E-state index contributed by atoms with van der Waals surface area (Å²) in [4.78, 5) is 29.9. The highest BCUT2D eigenvalue weighted by Gasteiger charge is 2.43. The fourth-order valence-electron chi connectivity index (χ4n) is 6.05. The summed E-state index contributed by atoms with van der Waals surface area (Å²) in [5, 5.41) is 12.9. The van der Waals surface area contributed by atoms with Gasteiger partial charge in [-0.25, -0.2) is 4.39 Å². The van der Waals surface area contributed by atoms with E-state index in [4.69, 9.17) is 0 Å². The minimum atomic E-state index is -4.61. The molecule has 2 unspecified atom stereocenters. The van der Waals surface area contributed by atoms with E-state index >= 15 is 4.39 Å². The van der Waals surface area contributed by atoms with Crippen molar-refractivity contribution < 1.29 is 32.3 Å². The van der Waals surface area contributed by atoms with Gasteiger partial charge in [-0.2, -0.15) is 13.2 Å². The average Bonchev–Trinajstić information content (AvgIpc) is 2.99. The molecule has 46 heavy (non-hydrogen) atoms. The van der Waals surface area contributed by atoms with Crippen molar-refractivity contribution in [2.24, 2.45) is 5.92 Å². The molecule has 0 radical (unpaired) electrons. The Balaban J connectivity index is 1.62. The number of hydrogen-bond acceptors (Lipinski definition) is 3. The standard InChI is InChI=1S/C37H36F4N2O3/c1-22-12-17-27(21-29(22)37(39,40)41)42-34(44)28-20-26-9-5-6-11-31(26)43(35(45)32-23(2)8-7-10-30(32)38)33(28)25-15-13-24(14-16-25)18-19-36(3,4)46/h5-17,21,28,33,46H,18-20H2,1-4H3,(H,42,44). The van der Waals surface area contributed by atoms with Crippen molar-refractivity contribution >= 4 is 23.2 Å². The zero-order chi connectivity index (χ0) is 33.4. The molecular weight excluding hydrogens is 596 g/mol. The van der Waals surface area contributed by atoms with Crippen molar-refractivity contribution in [1.29, 1.82) is 0 Å². The third kappa shape index (κ3) is 6.99. The Hall–Kier alpha value is -4.50. The van der Waals surface area contributed by atoms with Gasteiger partial charge < -0.3 is 10.4 Å². The van der Waals surface area contributed by atoms with Gasteiger partial charge in [0.25, 0.3) is 5.91 Å². The summed E-state index contributed by atoms with van der Waals surface area (Å²) in [5.41, 5.74) is 1.30. The van der Waals surface area contributed by atoms with Gasteiger partial charge in [0.05, 0.1) is 28.7 Å². The maximum atomic E-state index is 15.3. The zero-order valence-electron chi connectivity index (χ0n) is 26.1. The number of nitrogens with zero attached hydrogens (tertiary/aromatic N) is 1. The molecule has 0 spiro atoms. The van der Waals surface area contributed by atoms with E-state index in [1.807, 2.05) is 12.1 Å². The molecule has 9 heteroatoms. The number of amides is 2. The van der Waals surface area contributed by atoms with Crippen LogP contribution >= 0.6 is 0 Å². The third-order valence-corrected chi connectivity index (χ3v) is 8.50. The molecule has 2 amide bonds. The summed E-state index contributed by atoms with van der Waals surface area (Å²) in [6.07, 6.45) is -3.31. The average molecular weight is 633 g/mol. The Kier molecular flexibility index (Phi) is 9.09. The van der Waals surface area contributed by atoms with Crippen LogP contribution < -0.4 is 10.2 Å². The van der Waals surface area contributed by atoms with E-state index in [2.05, 4.69) is 5.32 Å². The molecule has 1 aliphatic rings. The van der Waals surface area contributed by atoms with Crippen LogP contribution in [0.15, 0.2) is 84.9 Å². The molecule has 2 atom stereocenters. The number of benzene rings is 4. The minimum Gasteiger partial charge on any atom is -0.390 e. The number of hydrogen-bond donors (Lipinski definition) is 2. The lowest BCUT2D eigenvalue weighted by Gasteiger charge is -2.42. The van der Waals surface area contributed by atoms with E-state index in [0.29, 0.717) is 35.2 Å². The summed E-state index contributed by atoms with van der Waals surface area (Å²) in [6, 6.07) is 21.5. The summed E-state index contributed by atoms with van der Waals surface area (Å²) in [6.45, 7) is 6.44. The molecule has 1 heterocycles. The van der Waals surface area contributed by atoms with E-state index in [1.54, 1.807) is 63.2 Å². The maximum absolute atomic E-state index is 15.3. The fraction of sp³-hybridized carbons (Fsp3) is 0.297. The Morgan fingerprint density at radius 1 is 0.913 bits per heavy atom. The van der Waals surface area contributed by atoms with E-state index < -0.39 is 46.9 Å². The van der Waals surface area contributed by atoms with Crippen LogP contribution in [0.5, 0.6) is 0 Å². The van der Waals surface area contributed by atoms with Crippen molar-refractivity contribution in [1.82, 2.24) is 0 Å². The van der Waals surface area contributed by atoms with E-state index in [9.17, 15) is 27.9 Å². The number of fused-ring (bicyclic) bond motifs is 1. The molecule has 240 valence electrons. The number of carbonyl (C=O) groups is 2. The lowest BCUT2D eigenvalue weighted by molar-refractivity contribution is -0.138. The van der Waals surface area contributed by atoms with Gasteiger partial charge in [0.2, 0.25) is 5.91 Å². The number of aliphatic hydroxyl groups is 1. The molecule has 0 saturated heterocycles. The van der Waals surface area contributed by atoms with Crippen LogP contribution in [-0.4, -0.2) is 22.5 Å². The number of halogens is 4. The number of alkyl halides is 3. The van der Waals surface area contributed by atoms with Crippen LogP contribution in [0.2, 0.25) is 0 Å². The maximum Gasteiger partial charge on any atom is 0.416 e. The summed E-state index contributed by atoms with van der Waals surface area (Å²) < 4.78 is 56.3. The second-order valence-corrected chi connectivity index (χ2v) is 12.6. The molecule has 1 aliphatic heterocycles. The van der Waals surface area contributed by atoms with Crippen LogP contribution in [0, 0.1) is 25.6 Å². The van der Waals surface area contributed by atoms with Crippen molar-refractivity contribution in [2.45, 2.75) is 64.8 Å². The van der Waals surface area contributed by atoms with Crippen LogP contribution in [0.4, 0.5) is 28.9 Å². The molecule has 5 rings (SSSR count). The van der Waals surface area contributed by atoms with Gasteiger partial charge in [0.1, 0.15) is 5.82 Å². The Labute approximate surface area is 265 Å². The van der Waals surface area contributed by atoms with Gasteiger partial charge in [-0.05, 0) is 99.0 Å². The highest BCUT2D eigenvalue weighted by atomic mass is 19.4. The summed E-state index contributed by atoms with van der Waals surface area (Å²) >= 11 is 0. The highest BCUT2D eigenvalue weighted by molar-refractivity contribution is 6.09. The second kappa shape index (κ2) is 12.7. The topological polar surface area (TPSA) is 69.6 Å². The van der Waals surface area contributed by atoms with E-state index in [1.165, 1.54) is 36.1 Å². The lowest BCUT2D eigenvalue weighted by atomic mass is 9.80. The highest BCUT2D eigenvalue weighted by Crippen LogP contribution is 2.44. The minimum absolute atomic E-state index is 0.0228. The molecule has 0 aromatic heterocycles. The van der Waals surface area contributed by atoms with Crippen molar-refractivity contribution in [3.63, 3.8) is 0 Å². The molecular formula is C37H36F4N2O3. The van der Waals surface area contributed by atoms with Gasteiger partial charge in [-0.15, -0.1) is 0 Å². The third-order valence-electron chi connectivity index (χ3n) is 8.50. The monoisotopic (exact) mass is 632 g/mol. The number of para-hydroxylation sites is 1. The first kappa shape index (κ1) is 32.9. The number of anilines is 2. The number of carbonyl (C=O) groups excluding carboxylic acids is 2. The van der Waals surface area contributed by atoms with Gasteiger partial charge >= 0.3 is 6.18 Å². The second-order valence-electron chi connectivity index (χ2n) is 12.6. The number of aryl methyl sites for hydroxylation is 3. The summed E-state index contributed by atoms with van der Waals surface area (Å²) in [7, 11) is 0. The fourth-order valence-corrected chi connectivity index (χ4v) is 6.05. The number of rotatable bonds is 7. The Bertz CT molecular complexity index is 1740. The molecule has 0 saturated carbocycles. The van der Waals surface area contributed by atoms with Crippen LogP contribution in [0.1, 0.15) is 70.0 Å². The van der Waals surface area contributed by atoms with Crippen molar-refractivity contribution in [2.75, 3.05) is 10.2 Å². The molecule has 0 fully saturated rings. The predicted molar refractivity (Wildman–Crippen MR) is 170 cm³/mol. The van der Waals surface area contributed by atoms with Gasteiger partial charge in [-0.1, -0.05) is 60.7 Å². The lowest BCUT2D eigenvalue weighted by Crippen LogP contribution is -2.47. The largest absolute Gasteiger partial charge is 0.416 e.